The van der Waals surface area contributed by atoms with Crippen LogP contribution in [0.4, 0.5) is 19.1 Å². The van der Waals surface area contributed by atoms with Crippen LogP contribution in [0.5, 0.6) is 0 Å². The molecular weight excluding hydrogens is 603 g/mol. The van der Waals surface area contributed by atoms with Gasteiger partial charge in [-0.3, -0.25) is 14.9 Å². The number of nitrogens with zero attached hydrogens (tertiary/aromatic N) is 2. The van der Waals surface area contributed by atoms with Crippen LogP contribution in [0.25, 0.3) is 0 Å². The summed E-state index contributed by atoms with van der Waals surface area (Å²) in [6, 6.07) is 20.1. The number of carboxylic acid groups (broad SMARTS) is 1. The van der Waals surface area contributed by atoms with Gasteiger partial charge in [-0.1, -0.05) is 60.7 Å². The number of aliphatic hydroxyl groups is 1. The summed E-state index contributed by atoms with van der Waals surface area (Å²) in [5.41, 5.74) is -1.04. The average molecular weight is 634 g/mol. The number of hydrogen-bond acceptors (Lipinski definition) is 9. The Balaban J connectivity index is 0.000000591. The maximum absolute atomic E-state index is 13.6. The van der Waals surface area contributed by atoms with Crippen molar-refractivity contribution in [2.24, 2.45) is 5.92 Å². The molecule has 240 valence electrons. The Morgan fingerprint density at radius 3 is 1.98 bits per heavy atom. The van der Waals surface area contributed by atoms with Crippen LogP contribution in [0.15, 0.2) is 77.2 Å². The number of amides is 1. The van der Waals surface area contributed by atoms with Gasteiger partial charge in [-0.25, -0.2) is 4.79 Å². The van der Waals surface area contributed by atoms with Crippen LogP contribution in [0.3, 0.4) is 0 Å². The van der Waals surface area contributed by atoms with Crippen LogP contribution < -0.4 is 10.4 Å². The lowest BCUT2D eigenvalue weighted by Crippen LogP contribution is -2.66. The van der Waals surface area contributed by atoms with Crippen molar-refractivity contribution < 1.29 is 56.3 Å². The van der Waals surface area contributed by atoms with E-state index in [0.29, 0.717) is 35.2 Å². The number of nitrogens with one attached hydrogen (secondary N) is 1. The van der Waals surface area contributed by atoms with Crippen molar-refractivity contribution in [1.29, 1.82) is 0 Å². The first-order valence-corrected chi connectivity index (χ1v) is 14.0. The molecule has 3 aliphatic rings. The minimum Gasteiger partial charge on any atom is -0.542 e. The number of carbonyl (C=O) groups excluding carboxylic acids is 3. The smallest absolute Gasteiger partial charge is 0.433 e. The summed E-state index contributed by atoms with van der Waals surface area (Å²) in [6.45, 7) is 3.37. The van der Waals surface area contributed by atoms with Crippen molar-refractivity contribution in [3.05, 3.63) is 99.8 Å². The van der Waals surface area contributed by atoms with E-state index in [1.807, 2.05) is 12.1 Å². The molecule has 0 spiro atoms. The van der Waals surface area contributed by atoms with Crippen LogP contribution in [0.2, 0.25) is 0 Å². The lowest BCUT2D eigenvalue weighted by molar-refractivity contribution is -0.945. The number of esters is 1. The molecule has 45 heavy (non-hydrogen) atoms. The summed E-state index contributed by atoms with van der Waals surface area (Å²) in [4.78, 5) is 44.9. The van der Waals surface area contributed by atoms with Gasteiger partial charge in [0.25, 0.3) is 5.91 Å². The van der Waals surface area contributed by atoms with Crippen molar-refractivity contribution in [3.63, 3.8) is 0 Å². The van der Waals surface area contributed by atoms with Gasteiger partial charge in [-0.2, -0.15) is 13.2 Å². The van der Waals surface area contributed by atoms with E-state index in [0.717, 1.165) is 32.0 Å². The van der Waals surface area contributed by atoms with Crippen LogP contribution in [-0.2, 0) is 19.9 Å². The molecule has 4 heterocycles. The molecular formula is C30H30F3N3O9. The minimum absolute atomic E-state index is 0.109. The van der Waals surface area contributed by atoms with Crippen molar-refractivity contribution in [2.45, 2.75) is 30.7 Å². The first-order chi connectivity index (χ1) is 21.2. The molecule has 0 aliphatic carbocycles. The number of carbonyl (C=O) groups is 3. The molecule has 3 saturated heterocycles. The van der Waals surface area contributed by atoms with Gasteiger partial charge in [-0.05, 0) is 17.2 Å². The first kappa shape index (κ1) is 33.1. The number of benzene rings is 2. The van der Waals surface area contributed by atoms with Crippen LogP contribution in [-0.4, -0.2) is 77.4 Å². The van der Waals surface area contributed by atoms with Gasteiger partial charge in [0.2, 0.25) is 5.60 Å². The molecule has 2 aromatic carbocycles. The van der Waals surface area contributed by atoms with E-state index < -0.39 is 40.4 Å². The van der Waals surface area contributed by atoms with Gasteiger partial charge in [0.05, 0.1) is 32.2 Å². The average Bonchev–Trinajstić information content (AvgIpc) is 3.53. The highest BCUT2D eigenvalue weighted by atomic mass is 19.4. The fourth-order valence-corrected chi connectivity index (χ4v) is 5.69. The molecule has 3 aliphatic heterocycles. The van der Waals surface area contributed by atoms with Crippen LogP contribution >= 0.6 is 0 Å². The molecule has 0 unspecified atom stereocenters. The number of hydrogen-bond donors (Lipinski definition) is 2. The Bertz CT molecular complexity index is 1470. The zero-order valence-electron chi connectivity index (χ0n) is 23.8. The molecule has 2 N–H and O–H groups in total. The van der Waals surface area contributed by atoms with Crippen molar-refractivity contribution >= 4 is 23.7 Å². The second-order valence-electron chi connectivity index (χ2n) is 10.9. The summed E-state index contributed by atoms with van der Waals surface area (Å²) in [6.07, 6.45) is -3.79. The Morgan fingerprint density at radius 2 is 1.51 bits per heavy atom. The second kappa shape index (κ2) is 13.5. The molecule has 3 aromatic rings. The number of aliphatic carboxylic acids is 1. The van der Waals surface area contributed by atoms with Gasteiger partial charge < -0.3 is 34.0 Å². The zero-order chi connectivity index (χ0) is 32.8. The summed E-state index contributed by atoms with van der Waals surface area (Å²) in [5, 5.41) is 34.1. The third-order valence-electron chi connectivity index (χ3n) is 8.08. The lowest BCUT2D eigenvalue weighted by Gasteiger charge is -2.52. The monoisotopic (exact) mass is 633 g/mol. The van der Waals surface area contributed by atoms with E-state index in [9.17, 15) is 38.0 Å². The number of quaternary nitrogens is 1. The van der Waals surface area contributed by atoms with Gasteiger partial charge >= 0.3 is 18.0 Å². The number of fused-ring (bicyclic) bond motifs is 3. The van der Waals surface area contributed by atoms with Crippen molar-refractivity contribution in [1.82, 2.24) is 5.32 Å². The molecule has 1 amide bonds. The number of piperidine rings is 3. The third-order valence-corrected chi connectivity index (χ3v) is 8.08. The highest BCUT2D eigenvalue weighted by molar-refractivity contribution is 5.91. The molecule has 15 heteroatoms. The molecule has 2 bridgehead atoms. The summed E-state index contributed by atoms with van der Waals surface area (Å²) in [7, 11) is 0. The molecule has 6 rings (SSSR count). The van der Waals surface area contributed by atoms with E-state index in [4.69, 9.17) is 19.1 Å². The van der Waals surface area contributed by atoms with E-state index >= 15 is 0 Å². The predicted octanol–water partition coefficient (Wildman–Crippen LogP) is 2.30. The van der Waals surface area contributed by atoms with Crippen molar-refractivity contribution in [3.8, 4) is 0 Å². The Hall–Kier alpha value is -4.76. The van der Waals surface area contributed by atoms with Gasteiger partial charge in [0.15, 0.2) is 11.9 Å². The number of nitro groups is 1. The molecule has 0 radical (unpaired) electrons. The Morgan fingerprint density at radius 1 is 0.978 bits per heavy atom. The maximum Gasteiger partial charge on any atom is 0.433 e. The number of halogens is 3. The first-order valence-electron chi connectivity index (χ1n) is 14.0. The maximum atomic E-state index is 13.6. The lowest BCUT2D eigenvalue weighted by atomic mass is 9.82. The van der Waals surface area contributed by atoms with E-state index in [1.165, 1.54) is 6.07 Å². The Labute approximate surface area is 254 Å². The number of alkyl halides is 3. The van der Waals surface area contributed by atoms with E-state index in [2.05, 4.69) is 5.32 Å². The fourth-order valence-electron chi connectivity index (χ4n) is 5.69. The number of furan rings is 1. The number of rotatable bonds is 9. The Kier molecular flexibility index (Phi) is 9.93. The third kappa shape index (κ3) is 7.67. The quantitative estimate of drug-likeness (QED) is 0.155. The number of ether oxygens (including phenoxy) is 1. The number of carboxylic acids is 1. The van der Waals surface area contributed by atoms with Gasteiger partial charge in [0.1, 0.15) is 17.4 Å². The van der Waals surface area contributed by atoms with Gasteiger partial charge in [-0.15, -0.1) is 0 Å². The predicted molar refractivity (Wildman–Crippen MR) is 147 cm³/mol. The van der Waals surface area contributed by atoms with Crippen LogP contribution in [0, 0.1) is 16.0 Å². The largest absolute Gasteiger partial charge is 0.542 e. The van der Waals surface area contributed by atoms with E-state index in [1.54, 1.807) is 48.5 Å². The standard InChI is InChI=1S/C28H29N3O7.C2HF3O2/c32-26(23-11-12-25(37-23)30(35)36)29-15-18-31-16-13-20(14-17-31)24(19-31)38-27(33)28(34,21-7-3-1-4-8-21)22-9-5-2-6-10-22;3-2(4,5)1(6)7/h1-12,20,24,34H,13-19H2;(H,6,7)/t20?,24-,31?;/m0./s1. The molecule has 0 saturated carbocycles. The summed E-state index contributed by atoms with van der Waals surface area (Å²) < 4.78 is 43.3. The molecule has 12 nitrogen and oxygen atoms in total. The molecule has 1 aromatic heterocycles. The molecule has 1 atom stereocenters. The highest BCUT2D eigenvalue weighted by Gasteiger charge is 2.50. The topological polar surface area (TPSA) is 172 Å². The fraction of sp³-hybridized carbons (Fsp3) is 0.367. The van der Waals surface area contributed by atoms with E-state index in [-0.39, 0.29) is 17.8 Å². The van der Waals surface area contributed by atoms with Crippen LogP contribution in [0.1, 0.15) is 34.5 Å². The van der Waals surface area contributed by atoms with Gasteiger partial charge in [0, 0.05) is 18.8 Å². The summed E-state index contributed by atoms with van der Waals surface area (Å²) in [5.74, 6) is -4.59. The zero-order valence-corrected chi connectivity index (χ0v) is 23.8. The SMILES string of the molecule is O=C(NCC[N+]12CCC(CC1)[C@@H](OC(=O)C(O)(c1ccccc1)c1ccccc1)C2)c1ccc([N+](=O)[O-])o1.O=C([O-])C(F)(F)F. The second-order valence-corrected chi connectivity index (χ2v) is 10.9. The highest BCUT2D eigenvalue weighted by Crippen LogP contribution is 2.38. The molecule has 3 fully saturated rings. The minimum atomic E-state index is -5.19. The summed E-state index contributed by atoms with van der Waals surface area (Å²) >= 11 is 0. The van der Waals surface area contributed by atoms with Crippen molar-refractivity contribution in [2.75, 3.05) is 32.7 Å². The normalized spacial score (nSPS) is 20.8.